The highest BCUT2D eigenvalue weighted by Gasteiger charge is 2.18. The number of carbonyl (C=O) groups is 2. The van der Waals surface area contributed by atoms with Gasteiger partial charge in [0.05, 0.1) is 11.9 Å². The van der Waals surface area contributed by atoms with E-state index in [1.165, 1.54) is 17.7 Å². The largest absolute Gasteiger partial charge is 0.504 e. The molecule has 138 valence electrons. The zero-order chi connectivity index (χ0) is 19.6. The number of rotatable bonds is 4. The third-order valence-corrected chi connectivity index (χ3v) is 4.06. The molecule has 0 spiro atoms. The summed E-state index contributed by atoms with van der Waals surface area (Å²) in [6.07, 6.45) is 0.205. The number of ether oxygens (including phenoxy) is 1. The molecule has 0 aliphatic heterocycles. The van der Waals surface area contributed by atoms with Crippen molar-refractivity contribution in [3.05, 3.63) is 64.4 Å². The first-order valence-corrected chi connectivity index (χ1v) is 8.24. The molecule has 0 saturated carbocycles. The zero-order valence-electron chi connectivity index (χ0n) is 14.9. The van der Waals surface area contributed by atoms with Gasteiger partial charge in [-0.1, -0.05) is 30.3 Å². The van der Waals surface area contributed by atoms with Crippen molar-refractivity contribution in [3.8, 4) is 11.5 Å². The number of hydrogen-bond acceptors (Lipinski definition) is 5. The van der Waals surface area contributed by atoms with Crippen molar-refractivity contribution < 1.29 is 19.4 Å². The van der Waals surface area contributed by atoms with Crippen molar-refractivity contribution >= 4 is 28.5 Å². The molecule has 2 aromatic carbocycles. The third kappa shape index (κ3) is 3.82. The predicted octanol–water partition coefficient (Wildman–Crippen LogP) is 2.35. The van der Waals surface area contributed by atoms with E-state index in [9.17, 15) is 19.5 Å². The van der Waals surface area contributed by atoms with Gasteiger partial charge in [-0.2, -0.15) is 0 Å². The first-order chi connectivity index (χ1) is 12.9. The maximum atomic E-state index is 12.3. The van der Waals surface area contributed by atoms with Crippen LogP contribution in [0, 0.1) is 0 Å². The molecule has 0 radical (unpaired) electrons. The highest BCUT2D eigenvalue weighted by atomic mass is 16.5. The van der Waals surface area contributed by atoms with Crippen LogP contribution in [-0.4, -0.2) is 21.6 Å². The lowest BCUT2D eigenvalue weighted by Gasteiger charge is -2.13. The van der Waals surface area contributed by atoms with Gasteiger partial charge in [-0.3, -0.25) is 14.4 Å². The van der Waals surface area contributed by atoms with Gasteiger partial charge in [-0.15, -0.1) is 0 Å². The highest BCUT2D eigenvalue weighted by Crippen LogP contribution is 2.33. The van der Waals surface area contributed by atoms with E-state index in [4.69, 9.17) is 4.74 Å². The van der Waals surface area contributed by atoms with Crippen molar-refractivity contribution in [2.24, 2.45) is 7.05 Å². The van der Waals surface area contributed by atoms with E-state index in [-0.39, 0.29) is 17.7 Å². The van der Waals surface area contributed by atoms with E-state index >= 15 is 0 Å². The van der Waals surface area contributed by atoms with E-state index in [0.717, 1.165) is 12.5 Å². The number of aryl methyl sites for hydroxylation is 1. The molecule has 0 atom stereocenters. The smallest absolute Gasteiger partial charge is 0.308 e. The van der Waals surface area contributed by atoms with Crippen LogP contribution in [0.1, 0.15) is 12.5 Å². The molecule has 2 N–H and O–H groups in total. The molecule has 0 aliphatic rings. The standard InChI is InChI=1S/C20H18N2O5/c1-12(23)27-19-18(25)15-11-14(8-9-16(15)22(2)20(19)26)21-17(24)10-13-6-4-3-5-7-13/h3-9,11,25H,10H2,1-2H3,(H,21,24). The molecule has 1 aromatic heterocycles. The molecule has 0 fully saturated rings. The number of amides is 1. The summed E-state index contributed by atoms with van der Waals surface area (Å²) in [5.41, 5.74) is 1.13. The number of nitrogens with one attached hydrogen (secondary N) is 1. The Balaban J connectivity index is 1.95. The number of nitrogens with zero attached hydrogens (tertiary/aromatic N) is 1. The highest BCUT2D eigenvalue weighted by molar-refractivity contribution is 5.97. The Bertz CT molecular complexity index is 1090. The van der Waals surface area contributed by atoms with Gasteiger partial charge in [-0.25, -0.2) is 0 Å². The maximum Gasteiger partial charge on any atom is 0.308 e. The van der Waals surface area contributed by atoms with E-state index in [0.29, 0.717) is 11.2 Å². The number of aromatic nitrogens is 1. The number of pyridine rings is 1. The Morgan fingerprint density at radius 3 is 2.52 bits per heavy atom. The number of aromatic hydroxyl groups is 1. The summed E-state index contributed by atoms with van der Waals surface area (Å²) in [7, 11) is 1.50. The molecule has 0 unspecified atom stereocenters. The Labute approximate surface area is 154 Å². The molecule has 0 aliphatic carbocycles. The molecule has 7 heteroatoms. The van der Waals surface area contributed by atoms with Gasteiger partial charge < -0.3 is 19.7 Å². The van der Waals surface area contributed by atoms with Gasteiger partial charge in [0.2, 0.25) is 11.7 Å². The summed E-state index contributed by atoms with van der Waals surface area (Å²) in [5.74, 6) is -1.81. The van der Waals surface area contributed by atoms with Gasteiger partial charge >= 0.3 is 5.97 Å². The fraction of sp³-hybridized carbons (Fsp3) is 0.150. The second-order valence-corrected chi connectivity index (χ2v) is 6.08. The van der Waals surface area contributed by atoms with Crippen molar-refractivity contribution in [1.82, 2.24) is 4.57 Å². The summed E-state index contributed by atoms with van der Waals surface area (Å²) >= 11 is 0. The topological polar surface area (TPSA) is 97.6 Å². The van der Waals surface area contributed by atoms with Gasteiger partial charge in [0.1, 0.15) is 0 Å². The first kappa shape index (κ1) is 18.2. The molecule has 1 heterocycles. The van der Waals surface area contributed by atoms with Gasteiger partial charge in [-0.05, 0) is 23.8 Å². The number of benzene rings is 2. The fourth-order valence-corrected chi connectivity index (χ4v) is 2.80. The molecular formula is C20H18N2O5. The third-order valence-electron chi connectivity index (χ3n) is 4.06. The summed E-state index contributed by atoms with van der Waals surface area (Å²) in [4.78, 5) is 35.7. The molecule has 0 bridgehead atoms. The predicted molar refractivity (Wildman–Crippen MR) is 101 cm³/mol. The molecule has 0 saturated heterocycles. The van der Waals surface area contributed by atoms with Crippen LogP contribution < -0.4 is 15.6 Å². The van der Waals surface area contributed by atoms with Gasteiger partial charge in [0, 0.05) is 25.0 Å². The summed E-state index contributed by atoms with van der Waals surface area (Å²) in [6, 6.07) is 14.1. The van der Waals surface area contributed by atoms with Gasteiger partial charge in [0.15, 0.2) is 5.75 Å². The lowest BCUT2D eigenvalue weighted by Crippen LogP contribution is -2.21. The van der Waals surface area contributed by atoms with Crippen LogP contribution in [-0.2, 0) is 23.1 Å². The van der Waals surface area contributed by atoms with Gasteiger partial charge in [0.25, 0.3) is 5.56 Å². The van der Waals surface area contributed by atoms with Crippen molar-refractivity contribution in [2.75, 3.05) is 5.32 Å². The molecule has 3 rings (SSSR count). The second kappa shape index (κ2) is 7.33. The average Bonchev–Trinajstić information content (AvgIpc) is 2.64. The Hall–Kier alpha value is -3.61. The molecule has 1 amide bonds. The van der Waals surface area contributed by atoms with E-state index in [1.807, 2.05) is 30.3 Å². The number of hydrogen-bond donors (Lipinski definition) is 2. The van der Waals surface area contributed by atoms with E-state index in [1.54, 1.807) is 12.1 Å². The van der Waals surface area contributed by atoms with Crippen LogP contribution in [0.15, 0.2) is 53.3 Å². The minimum Gasteiger partial charge on any atom is -0.504 e. The minimum absolute atomic E-state index is 0.205. The number of esters is 1. The van der Waals surface area contributed by atoms with E-state index < -0.39 is 23.0 Å². The maximum absolute atomic E-state index is 12.3. The van der Waals surface area contributed by atoms with Crippen LogP contribution in [0.4, 0.5) is 5.69 Å². The molecule has 7 nitrogen and oxygen atoms in total. The van der Waals surface area contributed by atoms with E-state index in [2.05, 4.69) is 5.32 Å². The van der Waals surface area contributed by atoms with Crippen LogP contribution in [0.2, 0.25) is 0 Å². The lowest BCUT2D eigenvalue weighted by molar-refractivity contribution is -0.132. The second-order valence-electron chi connectivity index (χ2n) is 6.08. The normalized spacial score (nSPS) is 10.6. The quantitative estimate of drug-likeness (QED) is 0.691. The van der Waals surface area contributed by atoms with Crippen molar-refractivity contribution in [2.45, 2.75) is 13.3 Å². The first-order valence-electron chi connectivity index (χ1n) is 8.24. The van der Waals surface area contributed by atoms with Crippen LogP contribution in [0.25, 0.3) is 10.9 Å². The van der Waals surface area contributed by atoms with Crippen molar-refractivity contribution in [1.29, 1.82) is 0 Å². The van der Waals surface area contributed by atoms with Crippen LogP contribution in [0.3, 0.4) is 0 Å². The van der Waals surface area contributed by atoms with Crippen molar-refractivity contribution in [3.63, 3.8) is 0 Å². The number of carbonyl (C=O) groups excluding carboxylic acids is 2. The number of anilines is 1. The Morgan fingerprint density at radius 1 is 1.15 bits per heavy atom. The molecular weight excluding hydrogens is 348 g/mol. The summed E-state index contributed by atoms with van der Waals surface area (Å²) in [6.45, 7) is 1.14. The molecule has 27 heavy (non-hydrogen) atoms. The van der Waals surface area contributed by atoms with Crippen LogP contribution >= 0.6 is 0 Å². The molecule has 3 aromatic rings. The minimum atomic E-state index is -0.714. The summed E-state index contributed by atoms with van der Waals surface area (Å²) in [5, 5.41) is 13.4. The average molecular weight is 366 g/mol. The fourth-order valence-electron chi connectivity index (χ4n) is 2.80. The zero-order valence-corrected chi connectivity index (χ0v) is 14.9. The lowest BCUT2D eigenvalue weighted by atomic mass is 10.1. The Kier molecular flexibility index (Phi) is 4.94. The number of fused-ring (bicyclic) bond motifs is 1. The van der Waals surface area contributed by atoms with Crippen LogP contribution in [0.5, 0.6) is 11.5 Å². The monoisotopic (exact) mass is 366 g/mol. The SMILES string of the molecule is CC(=O)Oc1c(O)c2cc(NC(=O)Cc3ccccc3)ccc2n(C)c1=O. The Morgan fingerprint density at radius 2 is 1.85 bits per heavy atom. The summed E-state index contributed by atoms with van der Waals surface area (Å²) < 4.78 is 6.12.